The van der Waals surface area contributed by atoms with Crippen molar-refractivity contribution in [3.05, 3.63) is 92.4 Å². The summed E-state index contributed by atoms with van der Waals surface area (Å²) in [6.07, 6.45) is 0.0454. The number of phenols is 1. The van der Waals surface area contributed by atoms with Gasteiger partial charge in [-0.2, -0.15) is 5.10 Å². The normalized spacial score (nSPS) is 20.0. The molecule has 0 saturated carbocycles. The lowest BCUT2D eigenvalue weighted by molar-refractivity contribution is -0.0203. The summed E-state index contributed by atoms with van der Waals surface area (Å²) in [5.41, 5.74) is 3.44. The van der Waals surface area contributed by atoms with Crippen molar-refractivity contribution >= 4 is 40.5 Å². The highest BCUT2D eigenvalue weighted by Gasteiger charge is 2.42. The van der Waals surface area contributed by atoms with Crippen molar-refractivity contribution in [3.8, 4) is 11.5 Å². The zero-order chi connectivity index (χ0) is 20.1. The van der Waals surface area contributed by atoms with Gasteiger partial charge >= 0.3 is 0 Å². The standard InChI is InChI=1S/C22H15Cl3N2O2/c23-13-7-5-12(6-8-13)18-11-19-15-3-1-2-4-20(15)29-22(27(19)26-18)16-9-14(24)10-17(25)21(16)28/h1-10,19,22,28H,11H2. The van der Waals surface area contributed by atoms with Gasteiger partial charge in [0.05, 0.1) is 22.3 Å². The van der Waals surface area contributed by atoms with Crippen LogP contribution in [0.5, 0.6) is 11.5 Å². The zero-order valence-electron chi connectivity index (χ0n) is 15.0. The number of benzene rings is 3. The summed E-state index contributed by atoms with van der Waals surface area (Å²) in [7, 11) is 0. The molecule has 0 radical (unpaired) electrons. The highest BCUT2D eigenvalue weighted by Crippen LogP contribution is 2.49. The molecule has 0 spiro atoms. The summed E-state index contributed by atoms with van der Waals surface area (Å²) >= 11 is 18.4. The number of para-hydroxylation sites is 1. The van der Waals surface area contributed by atoms with E-state index in [1.165, 1.54) is 6.07 Å². The van der Waals surface area contributed by atoms with Gasteiger partial charge in [0.15, 0.2) is 0 Å². The monoisotopic (exact) mass is 444 g/mol. The Kier molecular flexibility index (Phi) is 4.58. The molecule has 29 heavy (non-hydrogen) atoms. The molecule has 0 bridgehead atoms. The van der Waals surface area contributed by atoms with Crippen LogP contribution in [0.2, 0.25) is 15.1 Å². The highest BCUT2D eigenvalue weighted by atomic mass is 35.5. The van der Waals surface area contributed by atoms with Crippen LogP contribution in [-0.2, 0) is 0 Å². The van der Waals surface area contributed by atoms with Crippen molar-refractivity contribution in [3.63, 3.8) is 0 Å². The van der Waals surface area contributed by atoms with Crippen molar-refractivity contribution in [2.24, 2.45) is 5.10 Å². The Morgan fingerprint density at radius 2 is 1.69 bits per heavy atom. The van der Waals surface area contributed by atoms with E-state index in [0.29, 0.717) is 22.0 Å². The van der Waals surface area contributed by atoms with Gasteiger partial charge in [-0.3, -0.25) is 0 Å². The molecule has 2 aliphatic rings. The lowest BCUT2D eigenvalue weighted by atomic mass is 9.96. The summed E-state index contributed by atoms with van der Waals surface area (Å²) in [6, 6.07) is 18.6. The van der Waals surface area contributed by atoms with E-state index in [1.807, 2.05) is 53.5 Å². The van der Waals surface area contributed by atoms with Crippen LogP contribution in [0.1, 0.15) is 35.4 Å². The molecule has 7 heteroatoms. The molecule has 2 atom stereocenters. The molecule has 0 saturated heterocycles. The minimum Gasteiger partial charge on any atom is -0.506 e. The fourth-order valence-corrected chi connectivity index (χ4v) is 4.47. The second-order valence-electron chi connectivity index (χ2n) is 6.99. The first-order valence-corrected chi connectivity index (χ1v) is 10.2. The molecular weight excluding hydrogens is 431 g/mol. The lowest BCUT2D eigenvalue weighted by Gasteiger charge is -2.38. The number of phenolic OH excluding ortho intramolecular Hbond substituents is 1. The third-order valence-corrected chi connectivity index (χ3v) is 5.96. The average molecular weight is 446 g/mol. The largest absolute Gasteiger partial charge is 0.506 e. The minimum absolute atomic E-state index is 0.0345. The topological polar surface area (TPSA) is 45.1 Å². The van der Waals surface area contributed by atoms with E-state index in [-0.39, 0.29) is 16.8 Å². The molecule has 3 aromatic carbocycles. The third-order valence-electron chi connectivity index (χ3n) is 5.20. The fraction of sp³-hybridized carbons (Fsp3) is 0.136. The Balaban J connectivity index is 1.63. The number of hydrogen-bond donors (Lipinski definition) is 1. The van der Waals surface area contributed by atoms with E-state index in [2.05, 4.69) is 0 Å². The predicted molar refractivity (Wildman–Crippen MR) is 115 cm³/mol. The van der Waals surface area contributed by atoms with Crippen LogP contribution in [0.3, 0.4) is 0 Å². The van der Waals surface area contributed by atoms with Gasteiger partial charge in [0, 0.05) is 22.0 Å². The summed E-state index contributed by atoms with van der Waals surface area (Å²) in [6.45, 7) is 0. The number of fused-ring (bicyclic) bond motifs is 3. The Labute approximate surface area is 182 Å². The number of ether oxygens (including phenoxy) is 1. The molecule has 0 amide bonds. The maximum atomic E-state index is 10.6. The Hall–Kier alpha value is -2.40. The van der Waals surface area contributed by atoms with Crippen molar-refractivity contribution in [2.45, 2.75) is 18.7 Å². The first-order chi connectivity index (χ1) is 14.0. The summed E-state index contributed by atoms with van der Waals surface area (Å²) in [5.74, 6) is 0.691. The molecule has 146 valence electrons. The number of halogens is 3. The first-order valence-electron chi connectivity index (χ1n) is 9.06. The van der Waals surface area contributed by atoms with Crippen LogP contribution < -0.4 is 4.74 Å². The van der Waals surface area contributed by atoms with Gasteiger partial charge in [0.2, 0.25) is 6.23 Å². The second-order valence-corrected chi connectivity index (χ2v) is 8.27. The highest BCUT2D eigenvalue weighted by molar-refractivity contribution is 6.35. The maximum Gasteiger partial charge on any atom is 0.217 e. The summed E-state index contributed by atoms with van der Waals surface area (Å²) in [4.78, 5) is 0. The van der Waals surface area contributed by atoms with Crippen LogP contribution in [0.25, 0.3) is 0 Å². The number of nitrogens with zero attached hydrogens (tertiary/aromatic N) is 2. The SMILES string of the molecule is Oc1c(Cl)cc(Cl)cc1C1Oc2ccccc2C2CC(c3ccc(Cl)cc3)=NN21. The van der Waals surface area contributed by atoms with Gasteiger partial charge < -0.3 is 9.84 Å². The number of hydrazone groups is 1. The smallest absolute Gasteiger partial charge is 0.217 e. The van der Waals surface area contributed by atoms with Crippen LogP contribution >= 0.6 is 34.8 Å². The van der Waals surface area contributed by atoms with E-state index in [4.69, 9.17) is 44.6 Å². The number of rotatable bonds is 2. The molecule has 1 N–H and O–H groups in total. The lowest BCUT2D eigenvalue weighted by Crippen LogP contribution is -2.33. The molecule has 5 rings (SSSR count). The number of aromatic hydroxyl groups is 1. The van der Waals surface area contributed by atoms with E-state index in [1.54, 1.807) is 6.07 Å². The van der Waals surface area contributed by atoms with Gasteiger partial charge in [-0.1, -0.05) is 65.1 Å². The van der Waals surface area contributed by atoms with Gasteiger partial charge in [0.25, 0.3) is 0 Å². The maximum absolute atomic E-state index is 10.6. The van der Waals surface area contributed by atoms with Crippen molar-refractivity contribution < 1.29 is 9.84 Å². The molecule has 0 aromatic heterocycles. The summed E-state index contributed by atoms with van der Waals surface area (Å²) in [5, 5.41) is 18.6. The van der Waals surface area contributed by atoms with Crippen LogP contribution in [0, 0.1) is 0 Å². The predicted octanol–water partition coefficient (Wildman–Crippen LogP) is 6.59. The summed E-state index contributed by atoms with van der Waals surface area (Å²) < 4.78 is 6.25. The van der Waals surface area contributed by atoms with Gasteiger partial charge in [-0.25, -0.2) is 5.01 Å². The fourth-order valence-electron chi connectivity index (χ4n) is 3.83. The van der Waals surface area contributed by atoms with Crippen LogP contribution in [0.15, 0.2) is 65.8 Å². The third kappa shape index (κ3) is 3.21. The molecule has 3 aromatic rings. The molecule has 2 heterocycles. The van der Waals surface area contributed by atoms with Crippen molar-refractivity contribution in [2.75, 3.05) is 0 Å². The van der Waals surface area contributed by atoms with E-state index < -0.39 is 6.23 Å². The molecule has 0 aliphatic carbocycles. The van der Waals surface area contributed by atoms with Crippen molar-refractivity contribution in [1.29, 1.82) is 0 Å². The van der Waals surface area contributed by atoms with Crippen LogP contribution in [-0.4, -0.2) is 15.8 Å². The Bertz CT molecular complexity index is 1130. The molecule has 4 nitrogen and oxygen atoms in total. The Morgan fingerprint density at radius 3 is 2.48 bits per heavy atom. The second kappa shape index (κ2) is 7.13. The van der Waals surface area contributed by atoms with Gasteiger partial charge in [0.1, 0.15) is 11.5 Å². The Morgan fingerprint density at radius 1 is 0.931 bits per heavy atom. The minimum atomic E-state index is -0.657. The van der Waals surface area contributed by atoms with Gasteiger partial charge in [-0.15, -0.1) is 0 Å². The molecule has 0 fully saturated rings. The van der Waals surface area contributed by atoms with Crippen molar-refractivity contribution in [1.82, 2.24) is 5.01 Å². The van der Waals surface area contributed by atoms with E-state index in [9.17, 15) is 5.11 Å². The van der Waals surface area contributed by atoms with Crippen LogP contribution in [0.4, 0.5) is 0 Å². The number of hydrogen-bond acceptors (Lipinski definition) is 4. The van der Waals surface area contributed by atoms with E-state index >= 15 is 0 Å². The zero-order valence-corrected chi connectivity index (χ0v) is 17.3. The molecule has 2 unspecified atom stereocenters. The quantitative estimate of drug-likeness (QED) is 0.483. The molecule has 2 aliphatic heterocycles. The first kappa shape index (κ1) is 18.6. The van der Waals surface area contributed by atoms with Gasteiger partial charge in [-0.05, 0) is 35.9 Å². The average Bonchev–Trinajstić information content (AvgIpc) is 3.16. The van der Waals surface area contributed by atoms with E-state index in [0.717, 1.165) is 22.6 Å². The molecular formula is C22H15Cl3N2O2.